The predicted octanol–water partition coefficient (Wildman–Crippen LogP) is 1.13. The van der Waals surface area contributed by atoms with Crippen LogP contribution in [0, 0.1) is 5.41 Å². The molecule has 0 atom stereocenters. The average molecular weight is 301 g/mol. The predicted molar refractivity (Wildman–Crippen MR) is 80.8 cm³/mol. The van der Waals surface area contributed by atoms with Crippen LogP contribution in [0.4, 0.5) is 11.4 Å². The maximum atomic E-state index is 11.4. The number of nitrogens with two attached hydrogens (primary N) is 2. The molecular formula is C13H23N3O3S. The monoisotopic (exact) mass is 301 g/mol. The first kappa shape index (κ1) is 16.7. The number of rotatable bonds is 7. The lowest BCUT2D eigenvalue weighted by atomic mass is 9.88. The van der Waals surface area contributed by atoms with Gasteiger partial charge in [0.25, 0.3) is 0 Å². The Hall–Kier alpha value is -1.31. The lowest BCUT2D eigenvalue weighted by Gasteiger charge is -2.26. The Morgan fingerprint density at radius 2 is 2.00 bits per heavy atom. The number of para-hydroxylation sites is 1. The van der Waals surface area contributed by atoms with Gasteiger partial charge in [-0.1, -0.05) is 19.9 Å². The van der Waals surface area contributed by atoms with Gasteiger partial charge in [0.15, 0.2) is 0 Å². The molecule has 6 nitrogen and oxygen atoms in total. The summed E-state index contributed by atoms with van der Waals surface area (Å²) in [6.07, 6.45) is 1.58. The molecule has 0 aliphatic heterocycles. The summed E-state index contributed by atoms with van der Waals surface area (Å²) in [5, 5.41) is 17.1. The Labute approximate surface area is 120 Å². The number of benzene rings is 1. The first-order chi connectivity index (χ1) is 9.17. The topological polar surface area (TPSA) is 118 Å². The van der Waals surface area contributed by atoms with E-state index in [9.17, 15) is 8.42 Å². The minimum absolute atomic E-state index is 0.0350. The normalized spacial score (nSPS) is 12.4. The van der Waals surface area contributed by atoms with Crippen molar-refractivity contribution in [1.29, 1.82) is 0 Å². The second-order valence-electron chi connectivity index (χ2n) is 5.61. The molecule has 0 bridgehead atoms. The Balaban J connectivity index is 2.84. The number of hydrogen-bond acceptors (Lipinski definition) is 5. The summed E-state index contributed by atoms with van der Waals surface area (Å²) in [5.41, 5.74) is 6.48. The van der Waals surface area contributed by atoms with Gasteiger partial charge < -0.3 is 16.2 Å². The number of primary sulfonamides is 1. The molecule has 20 heavy (non-hydrogen) atoms. The van der Waals surface area contributed by atoms with E-state index in [4.69, 9.17) is 16.0 Å². The van der Waals surface area contributed by atoms with Gasteiger partial charge in [0, 0.05) is 13.2 Å². The fraction of sp³-hybridized carbons (Fsp3) is 0.538. The SMILES string of the molecule is CC(C)(CCCO)CNc1cccc(S(N)(=O)=O)c1N. The van der Waals surface area contributed by atoms with E-state index in [1.54, 1.807) is 12.1 Å². The van der Waals surface area contributed by atoms with Crippen molar-refractivity contribution in [1.82, 2.24) is 0 Å². The lowest BCUT2D eigenvalue weighted by molar-refractivity contribution is 0.248. The molecule has 7 heteroatoms. The van der Waals surface area contributed by atoms with Crippen LogP contribution in [0.1, 0.15) is 26.7 Å². The molecule has 0 saturated carbocycles. The van der Waals surface area contributed by atoms with Gasteiger partial charge in [-0.05, 0) is 30.4 Å². The molecule has 0 radical (unpaired) electrons. The minimum Gasteiger partial charge on any atom is -0.396 e. The Bertz CT molecular complexity index is 556. The van der Waals surface area contributed by atoms with Crippen LogP contribution in [0.15, 0.2) is 23.1 Å². The van der Waals surface area contributed by atoms with Crippen LogP contribution < -0.4 is 16.2 Å². The molecule has 0 saturated heterocycles. The Morgan fingerprint density at radius 1 is 1.35 bits per heavy atom. The number of aliphatic hydroxyl groups excluding tert-OH is 1. The van der Waals surface area contributed by atoms with Gasteiger partial charge in [-0.2, -0.15) is 0 Å². The first-order valence-corrected chi connectivity index (χ1v) is 7.98. The van der Waals surface area contributed by atoms with E-state index in [-0.39, 0.29) is 22.6 Å². The minimum atomic E-state index is -3.82. The van der Waals surface area contributed by atoms with Crippen molar-refractivity contribution in [2.24, 2.45) is 10.6 Å². The van der Waals surface area contributed by atoms with Crippen LogP contribution in [-0.2, 0) is 10.0 Å². The van der Waals surface area contributed by atoms with E-state index >= 15 is 0 Å². The molecule has 0 fully saturated rings. The van der Waals surface area contributed by atoms with E-state index < -0.39 is 10.0 Å². The van der Waals surface area contributed by atoms with Crippen LogP contribution in [0.5, 0.6) is 0 Å². The van der Waals surface area contributed by atoms with Gasteiger partial charge >= 0.3 is 0 Å². The van der Waals surface area contributed by atoms with Crippen LogP contribution in [0.2, 0.25) is 0 Å². The highest BCUT2D eigenvalue weighted by Crippen LogP contribution is 2.28. The van der Waals surface area contributed by atoms with Gasteiger partial charge in [0.2, 0.25) is 10.0 Å². The van der Waals surface area contributed by atoms with Gasteiger partial charge in [-0.15, -0.1) is 0 Å². The number of nitrogen functional groups attached to an aromatic ring is 1. The van der Waals surface area contributed by atoms with Crippen LogP contribution in [0.3, 0.4) is 0 Å². The second-order valence-corrected chi connectivity index (χ2v) is 7.14. The molecule has 1 aromatic carbocycles. The molecular weight excluding hydrogens is 278 g/mol. The molecule has 6 N–H and O–H groups in total. The first-order valence-electron chi connectivity index (χ1n) is 6.43. The molecule has 114 valence electrons. The summed E-state index contributed by atoms with van der Waals surface area (Å²) in [7, 11) is -3.82. The van der Waals surface area contributed by atoms with Crippen LogP contribution in [-0.4, -0.2) is 26.7 Å². The maximum Gasteiger partial charge on any atom is 0.240 e. The van der Waals surface area contributed by atoms with E-state index in [0.29, 0.717) is 12.2 Å². The third kappa shape index (κ3) is 4.66. The van der Waals surface area contributed by atoms with E-state index in [1.165, 1.54) is 6.07 Å². The third-order valence-corrected chi connectivity index (χ3v) is 4.11. The summed E-state index contributed by atoms with van der Waals surface area (Å²) in [4.78, 5) is -0.0735. The van der Waals surface area contributed by atoms with Crippen LogP contribution >= 0.6 is 0 Å². The van der Waals surface area contributed by atoms with Crippen molar-refractivity contribution in [3.63, 3.8) is 0 Å². The molecule has 0 heterocycles. The highest BCUT2D eigenvalue weighted by atomic mass is 32.2. The molecule has 1 rings (SSSR count). The van der Waals surface area contributed by atoms with Crippen molar-refractivity contribution in [2.45, 2.75) is 31.6 Å². The summed E-state index contributed by atoms with van der Waals surface area (Å²) in [5.74, 6) is 0. The Morgan fingerprint density at radius 3 is 2.55 bits per heavy atom. The van der Waals surface area contributed by atoms with E-state index in [1.807, 2.05) is 0 Å². The number of aliphatic hydroxyl groups is 1. The zero-order chi connectivity index (χ0) is 15.4. The molecule has 0 aliphatic rings. The smallest absolute Gasteiger partial charge is 0.240 e. The maximum absolute atomic E-state index is 11.4. The van der Waals surface area contributed by atoms with Crippen molar-refractivity contribution >= 4 is 21.4 Å². The average Bonchev–Trinajstić information content (AvgIpc) is 2.34. The highest BCUT2D eigenvalue weighted by molar-refractivity contribution is 7.89. The van der Waals surface area contributed by atoms with Gasteiger partial charge in [-0.25, -0.2) is 13.6 Å². The van der Waals surface area contributed by atoms with E-state index in [0.717, 1.165) is 12.8 Å². The van der Waals surface area contributed by atoms with Crippen molar-refractivity contribution in [3.8, 4) is 0 Å². The van der Waals surface area contributed by atoms with Gasteiger partial charge in [-0.3, -0.25) is 0 Å². The standard InChI is InChI=1S/C13H23N3O3S/c1-13(2,7-4-8-17)9-16-10-5-3-6-11(12(10)14)20(15,18)19/h3,5-6,16-17H,4,7-9,14H2,1-2H3,(H2,15,18,19). The van der Waals surface area contributed by atoms with Crippen molar-refractivity contribution in [2.75, 3.05) is 24.2 Å². The highest BCUT2D eigenvalue weighted by Gasteiger charge is 2.19. The molecule has 0 amide bonds. The molecule has 0 spiro atoms. The largest absolute Gasteiger partial charge is 0.396 e. The van der Waals surface area contributed by atoms with Crippen molar-refractivity contribution in [3.05, 3.63) is 18.2 Å². The van der Waals surface area contributed by atoms with Crippen molar-refractivity contribution < 1.29 is 13.5 Å². The fourth-order valence-corrected chi connectivity index (χ4v) is 2.61. The second kappa shape index (κ2) is 6.43. The quantitative estimate of drug-likeness (QED) is 0.563. The fourth-order valence-electron chi connectivity index (χ4n) is 1.93. The Kier molecular flexibility index (Phi) is 5.38. The van der Waals surface area contributed by atoms with Gasteiger partial charge in [0.05, 0.1) is 11.4 Å². The molecule has 0 aromatic heterocycles. The van der Waals surface area contributed by atoms with Crippen LogP contribution in [0.25, 0.3) is 0 Å². The van der Waals surface area contributed by atoms with E-state index in [2.05, 4.69) is 19.2 Å². The number of nitrogens with one attached hydrogen (secondary N) is 1. The lowest BCUT2D eigenvalue weighted by Crippen LogP contribution is -2.24. The summed E-state index contributed by atoms with van der Waals surface area (Å²) in [6.45, 7) is 4.91. The zero-order valence-electron chi connectivity index (χ0n) is 11.9. The summed E-state index contributed by atoms with van der Waals surface area (Å²) < 4.78 is 22.8. The van der Waals surface area contributed by atoms with Gasteiger partial charge in [0.1, 0.15) is 4.90 Å². The summed E-state index contributed by atoms with van der Waals surface area (Å²) >= 11 is 0. The number of hydrogen-bond donors (Lipinski definition) is 4. The number of sulfonamides is 1. The zero-order valence-corrected chi connectivity index (χ0v) is 12.7. The molecule has 1 aromatic rings. The summed E-state index contributed by atoms with van der Waals surface area (Å²) in [6, 6.07) is 4.69. The molecule has 0 unspecified atom stereocenters. The molecule has 0 aliphatic carbocycles. The third-order valence-electron chi connectivity index (χ3n) is 3.14. The number of anilines is 2.